The van der Waals surface area contributed by atoms with Gasteiger partial charge in [0.25, 0.3) is 0 Å². The summed E-state index contributed by atoms with van der Waals surface area (Å²) in [6.07, 6.45) is 8.44. The average Bonchev–Trinajstić information content (AvgIpc) is 3.06. The molecule has 1 saturated carbocycles. The Morgan fingerprint density at radius 2 is 2.05 bits per heavy atom. The van der Waals surface area contributed by atoms with Crippen LogP contribution >= 0.6 is 0 Å². The second-order valence-electron chi connectivity index (χ2n) is 6.08. The maximum absolute atomic E-state index is 12.5. The van der Waals surface area contributed by atoms with Crippen LogP contribution < -0.4 is 5.32 Å². The van der Waals surface area contributed by atoms with Crippen LogP contribution in [0.2, 0.25) is 0 Å². The van der Waals surface area contributed by atoms with Crippen molar-refractivity contribution in [3.8, 4) is 0 Å². The van der Waals surface area contributed by atoms with Gasteiger partial charge in [-0.05, 0) is 38.5 Å². The lowest BCUT2D eigenvalue weighted by molar-refractivity contribution is -0.130. The summed E-state index contributed by atoms with van der Waals surface area (Å²) in [5.74, 6) is 0.980. The molecule has 2 rings (SSSR count). The van der Waals surface area contributed by atoms with Gasteiger partial charge in [0.15, 0.2) is 0 Å². The van der Waals surface area contributed by atoms with E-state index in [1.807, 2.05) is 6.92 Å². The highest BCUT2D eigenvalue weighted by Crippen LogP contribution is 2.32. The number of rotatable bonds is 8. The van der Waals surface area contributed by atoms with Crippen LogP contribution in [-0.4, -0.2) is 42.8 Å². The van der Waals surface area contributed by atoms with Crippen molar-refractivity contribution in [3.63, 3.8) is 0 Å². The minimum absolute atomic E-state index is 0.0534. The molecule has 0 aromatic heterocycles. The number of carbonyl (C=O) groups is 1. The highest BCUT2D eigenvalue weighted by Gasteiger charge is 2.42. The highest BCUT2D eigenvalue weighted by molar-refractivity contribution is 5.84. The number of hydrogen-bond donors (Lipinski definition) is 1. The first-order valence-corrected chi connectivity index (χ1v) is 8.42. The quantitative estimate of drug-likeness (QED) is 0.696. The van der Waals surface area contributed by atoms with Crippen LogP contribution in [0, 0.1) is 5.92 Å². The highest BCUT2D eigenvalue weighted by atomic mass is 16.5. The second kappa shape index (κ2) is 7.99. The lowest BCUT2D eigenvalue weighted by Gasteiger charge is -2.29. The molecular weight excluding hydrogens is 252 g/mol. The van der Waals surface area contributed by atoms with Gasteiger partial charge in [-0.1, -0.05) is 26.2 Å². The molecule has 0 bridgehead atoms. The normalized spacial score (nSPS) is 27.7. The summed E-state index contributed by atoms with van der Waals surface area (Å²) in [6, 6.07) is 0.0534. The first-order chi connectivity index (χ1) is 9.77. The van der Waals surface area contributed by atoms with E-state index in [0.717, 1.165) is 39.0 Å². The van der Waals surface area contributed by atoms with Gasteiger partial charge in [0.1, 0.15) is 0 Å². The van der Waals surface area contributed by atoms with Gasteiger partial charge in [0.05, 0.1) is 12.2 Å². The second-order valence-corrected chi connectivity index (χ2v) is 6.08. The summed E-state index contributed by atoms with van der Waals surface area (Å²) in [5, 5.41) is 3.61. The van der Waals surface area contributed by atoms with Gasteiger partial charge in [-0.3, -0.25) is 10.1 Å². The van der Waals surface area contributed by atoms with Crippen molar-refractivity contribution in [3.05, 3.63) is 0 Å². The van der Waals surface area contributed by atoms with Crippen molar-refractivity contribution in [2.45, 2.75) is 71.0 Å². The van der Waals surface area contributed by atoms with E-state index in [0.29, 0.717) is 11.8 Å². The van der Waals surface area contributed by atoms with Crippen molar-refractivity contribution in [1.82, 2.24) is 10.2 Å². The molecule has 0 aromatic carbocycles. The molecule has 2 fully saturated rings. The van der Waals surface area contributed by atoms with E-state index in [1.54, 1.807) is 0 Å². The third-order valence-corrected chi connectivity index (χ3v) is 4.60. The third kappa shape index (κ3) is 3.73. The fraction of sp³-hybridized carbons (Fsp3) is 0.938. The van der Waals surface area contributed by atoms with Crippen molar-refractivity contribution >= 4 is 5.91 Å². The molecule has 1 amide bonds. The van der Waals surface area contributed by atoms with E-state index in [1.165, 1.54) is 25.7 Å². The SMILES string of the molecule is CCCC1NC(C2CCCC2)N(CCCOCC)C1=O. The van der Waals surface area contributed by atoms with Gasteiger partial charge in [-0.25, -0.2) is 0 Å². The number of carbonyl (C=O) groups excluding carboxylic acids is 1. The molecule has 1 saturated heterocycles. The van der Waals surface area contributed by atoms with E-state index in [4.69, 9.17) is 4.74 Å². The van der Waals surface area contributed by atoms with Gasteiger partial charge in [0, 0.05) is 19.8 Å². The number of nitrogens with zero attached hydrogens (tertiary/aromatic N) is 1. The molecule has 4 heteroatoms. The molecule has 0 radical (unpaired) electrons. The van der Waals surface area contributed by atoms with E-state index < -0.39 is 0 Å². The average molecular weight is 282 g/mol. The molecule has 20 heavy (non-hydrogen) atoms. The standard InChI is InChI=1S/C16H30N2O2/c1-3-8-14-16(19)18(11-7-12-20-4-2)15(17-14)13-9-5-6-10-13/h13-15,17H,3-12H2,1-2H3. The van der Waals surface area contributed by atoms with Crippen LogP contribution in [0.25, 0.3) is 0 Å². The van der Waals surface area contributed by atoms with E-state index in [-0.39, 0.29) is 12.2 Å². The fourth-order valence-corrected chi connectivity index (χ4v) is 3.59. The molecule has 1 aliphatic heterocycles. The van der Waals surface area contributed by atoms with Crippen LogP contribution in [0.4, 0.5) is 0 Å². The molecule has 116 valence electrons. The summed E-state index contributed by atoms with van der Waals surface area (Å²) in [4.78, 5) is 14.7. The predicted molar refractivity (Wildman–Crippen MR) is 80.4 cm³/mol. The van der Waals surface area contributed by atoms with Gasteiger partial charge in [0.2, 0.25) is 5.91 Å². The Bertz CT molecular complexity index is 303. The predicted octanol–water partition coefficient (Wildman–Crippen LogP) is 2.53. The molecule has 0 aromatic rings. The largest absolute Gasteiger partial charge is 0.382 e. The van der Waals surface area contributed by atoms with E-state index in [9.17, 15) is 4.79 Å². The van der Waals surface area contributed by atoms with Gasteiger partial charge in [-0.15, -0.1) is 0 Å². The fourth-order valence-electron chi connectivity index (χ4n) is 3.59. The van der Waals surface area contributed by atoms with E-state index >= 15 is 0 Å². The van der Waals surface area contributed by atoms with E-state index in [2.05, 4.69) is 17.1 Å². The van der Waals surface area contributed by atoms with Crippen molar-refractivity contribution in [2.75, 3.05) is 19.8 Å². The molecule has 2 atom stereocenters. The summed E-state index contributed by atoms with van der Waals surface area (Å²) < 4.78 is 5.41. The summed E-state index contributed by atoms with van der Waals surface area (Å²) in [5.41, 5.74) is 0. The van der Waals surface area contributed by atoms with Crippen molar-refractivity contribution < 1.29 is 9.53 Å². The lowest BCUT2D eigenvalue weighted by atomic mass is 10.0. The monoisotopic (exact) mass is 282 g/mol. The number of ether oxygens (including phenoxy) is 1. The number of hydrogen-bond acceptors (Lipinski definition) is 3. The van der Waals surface area contributed by atoms with Crippen LogP contribution in [0.15, 0.2) is 0 Å². The Labute approximate surface area is 123 Å². The first kappa shape index (κ1) is 15.8. The summed E-state index contributed by atoms with van der Waals surface area (Å²) in [7, 11) is 0. The zero-order valence-electron chi connectivity index (χ0n) is 13.1. The third-order valence-electron chi connectivity index (χ3n) is 4.60. The Kier molecular flexibility index (Phi) is 6.30. The topological polar surface area (TPSA) is 41.6 Å². The van der Waals surface area contributed by atoms with Crippen molar-refractivity contribution in [2.24, 2.45) is 5.92 Å². The molecule has 1 N–H and O–H groups in total. The summed E-state index contributed by atoms with van der Waals surface area (Å²) in [6.45, 7) is 6.53. The van der Waals surface area contributed by atoms with Crippen LogP contribution in [0.5, 0.6) is 0 Å². The zero-order valence-corrected chi connectivity index (χ0v) is 13.1. The first-order valence-electron chi connectivity index (χ1n) is 8.42. The van der Waals surface area contributed by atoms with Crippen molar-refractivity contribution in [1.29, 1.82) is 0 Å². The van der Waals surface area contributed by atoms with Gasteiger partial charge >= 0.3 is 0 Å². The van der Waals surface area contributed by atoms with Crippen LogP contribution in [0.3, 0.4) is 0 Å². The zero-order chi connectivity index (χ0) is 14.4. The van der Waals surface area contributed by atoms with Gasteiger partial charge < -0.3 is 9.64 Å². The van der Waals surface area contributed by atoms with Crippen LogP contribution in [-0.2, 0) is 9.53 Å². The maximum Gasteiger partial charge on any atom is 0.241 e. The minimum atomic E-state index is 0.0534. The molecule has 4 nitrogen and oxygen atoms in total. The molecule has 2 unspecified atom stereocenters. The Morgan fingerprint density at radius 3 is 2.70 bits per heavy atom. The number of amides is 1. The Balaban J connectivity index is 1.93. The number of nitrogens with one attached hydrogen (secondary N) is 1. The molecule has 2 aliphatic rings. The Morgan fingerprint density at radius 1 is 1.30 bits per heavy atom. The lowest BCUT2D eigenvalue weighted by Crippen LogP contribution is -2.43. The van der Waals surface area contributed by atoms with Crippen LogP contribution in [0.1, 0.15) is 58.8 Å². The maximum atomic E-state index is 12.5. The molecule has 1 aliphatic carbocycles. The van der Waals surface area contributed by atoms with Gasteiger partial charge in [-0.2, -0.15) is 0 Å². The Hall–Kier alpha value is -0.610. The molecular formula is C16H30N2O2. The molecule has 0 spiro atoms. The smallest absolute Gasteiger partial charge is 0.241 e. The molecule has 1 heterocycles. The minimum Gasteiger partial charge on any atom is -0.382 e. The summed E-state index contributed by atoms with van der Waals surface area (Å²) >= 11 is 0.